The molecule has 0 amide bonds. The van der Waals surface area contributed by atoms with Crippen LogP contribution in [0.25, 0.3) is 27.3 Å². The number of hydrogen-bond acceptors (Lipinski definition) is 6. The average Bonchev–Trinajstić information content (AvgIpc) is 3.51. The lowest BCUT2D eigenvalue weighted by atomic mass is 10.0. The molecule has 0 unspecified atom stereocenters. The molecule has 0 saturated carbocycles. The molecule has 0 bridgehead atoms. The maximum absolute atomic E-state index is 12.3. The Hall–Kier alpha value is -3.92. The second kappa shape index (κ2) is 9.98. The number of anilines is 1. The molecule has 5 aromatic rings. The SMILES string of the molecule is Cc1cc2c(NCCCc3ccc(-c4ccc(OC(F)(F)F)cc4)cc3)nc(-n3ccnc3)nc2s1. The van der Waals surface area contributed by atoms with E-state index in [4.69, 9.17) is 4.98 Å². The molecule has 3 heterocycles. The number of nitrogens with one attached hydrogen (secondary N) is 1. The predicted molar refractivity (Wildman–Crippen MR) is 135 cm³/mol. The Balaban J connectivity index is 1.20. The lowest BCUT2D eigenvalue weighted by Gasteiger charge is -2.10. The topological polar surface area (TPSA) is 64.9 Å². The molecule has 5 rings (SSSR count). The molecule has 0 fully saturated rings. The van der Waals surface area contributed by atoms with Gasteiger partial charge in [0.2, 0.25) is 5.95 Å². The maximum atomic E-state index is 12.3. The molecule has 0 atom stereocenters. The number of imidazole rings is 1. The summed E-state index contributed by atoms with van der Waals surface area (Å²) in [4.78, 5) is 15.6. The lowest BCUT2D eigenvalue weighted by Crippen LogP contribution is -2.16. The molecule has 2 aromatic carbocycles. The van der Waals surface area contributed by atoms with Gasteiger partial charge in [-0.15, -0.1) is 24.5 Å². The van der Waals surface area contributed by atoms with Crippen LogP contribution in [0.2, 0.25) is 0 Å². The highest BCUT2D eigenvalue weighted by molar-refractivity contribution is 7.18. The summed E-state index contributed by atoms with van der Waals surface area (Å²) in [6, 6.07) is 16.0. The van der Waals surface area contributed by atoms with Crippen molar-refractivity contribution in [3.8, 4) is 22.8 Å². The summed E-state index contributed by atoms with van der Waals surface area (Å²) in [6.07, 6.45) is 2.28. The quantitative estimate of drug-likeness (QED) is 0.233. The van der Waals surface area contributed by atoms with E-state index in [9.17, 15) is 13.2 Å². The minimum atomic E-state index is -4.69. The second-order valence-electron chi connectivity index (χ2n) is 8.22. The number of thiophene rings is 1. The van der Waals surface area contributed by atoms with Crippen LogP contribution in [-0.4, -0.2) is 32.4 Å². The van der Waals surface area contributed by atoms with E-state index in [0.717, 1.165) is 46.5 Å². The van der Waals surface area contributed by atoms with Gasteiger partial charge in [-0.3, -0.25) is 4.57 Å². The second-order valence-corrected chi connectivity index (χ2v) is 9.45. The molecule has 36 heavy (non-hydrogen) atoms. The van der Waals surface area contributed by atoms with Crippen LogP contribution in [0.4, 0.5) is 19.0 Å². The van der Waals surface area contributed by atoms with Gasteiger partial charge in [0.25, 0.3) is 0 Å². The van der Waals surface area contributed by atoms with Crippen molar-refractivity contribution < 1.29 is 17.9 Å². The van der Waals surface area contributed by atoms with Crippen molar-refractivity contribution in [2.24, 2.45) is 0 Å². The first kappa shape index (κ1) is 23.8. The number of ether oxygens (including phenoxy) is 1. The average molecular weight is 510 g/mol. The zero-order chi connectivity index (χ0) is 25.1. The van der Waals surface area contributed by atoms with Crippen molar-refractivity contribution in [2.75, 3.05) is 11.9 Å². The monoisotopic (exact) mass is 509 g/mol. The normalized spacial score (nSPS) is 11.7. The highest BCUT2D eigenvalue weighted by Gasteiger charge is 2.30. The smallest absolute Gasteiger partial charge is 0.406 e. The number of benzene rings is 2. The van der Waals surface area contributed by atoms with Crippen molar-refractivity contribution >= 4 is 27.4 Å². The maximum Gasteiger partial charge on any atom is 0.573 e. The van der Waals surface area contributed by atoms with E-state index in [1.54, 1.807) is 40.6 Å². The fraction of sp³-hybridized carbons (Fsp3) is 0.192. The van der Waals surface area contributed by atoms with Gasteiger partial charge >= 0.3 is 6.36 Å². The molecule has 6 nitrogen and oxygen atoms in total. The molecule has 3 aromatic heterocycles. The first-order chi connectivity index (χ1) is 17.3. The van der Waals surface area contributed by atoms with Gasteiger partial charge in [-0.25, -0.2) is 9.97 Å². The largest absolute Gasteiger partial charge is 0.573 e. The highest BCUT2D eigenvalue weighted by atomic mass is 32.1. The van der Waals surface area contributed by atoms with Crippen LogP contribution in [0.1, 0.15) is 16.9 Å². The molecule has 0 aliphatic rings. The molecule has 0 saturated heterocycles. The first-order valence-electron chi connectivity index (χ1n) is 11.3. The van der Waals surface area contributed by atoms with Gasteiger partial charge in [0.05, 0.1) is 5.39 Å². The minimum absolute atomic E-state index is 0.230. The fourth-order valence-corrected chi connectivity index (χ4v) is 4.75. The standard InChI is InChI=1S/C26H22F3N5OS/c1-17-15-22-23(32-25(33-24(22)36-17)34-14-13-30-16-34)31-12-2-3-18-4-6-19(7-5-18)20-8-10-21(11-9-20)35-26(27,28)29/h4-11,13-16H,2-3,12H2,1H3,(H,31,32,33). The van der Waals surface area contributed by atoms with E-state index in [1.165, 1.54) is 22.6 Å². The van der Waals surface area contributed by atoms with E-state index >= 15 is 0 Å². The Morgan fingerprint density at radius 2 is 1.72 bits per heavy atom. The van der Waals surface area contributed by atoms with Gasteiger partial charge < -0.3 is 10.1 Å². The number of aryl methyl sites for hydroxylation is 2. The minimum Gasteiger partial charge on any atom is -0.406 e. The summed E-state index contributed by atoms with van der Waals surface area (Å²) in [7, 11) is 0. The number of alkyl halides is 3. The zero-order valence-corrected chi connectivity index (χ0v) is 20.1. The van der Waals surface area contributed by atoms with Gasteiger partial charge in [-0.05, 0) is 54.7 Å². The lowest BCUT2D eigenvalue weighted by molar-refractivity contribution is -0.274. The van der Waals surface area contributed by atoms with Gasteiger partial charge in [-0.2, -0.15) is 4.98 Å². The highest BCUT2D eigenvalue weighted by Crippen LogP contribution is 2.30. The summed E-state index contributed by atoms with van der Waals surface area (Å²) in [6.45, 7) is 2.80. The summed E-state index contributed by atoms with van der Waals surface area (Å²) in [5.74, 6) is 1.16. The summed E-state index contributed by atoms with van der Waals surface area (Å²) < 4.78 is 42.8. The number of hydrogen-bond donors (Lipinski definition) is 1. The van der Waals surface area contributed by atoms with Crippen LogP contribution in [0.3, 0.4) is 0 Å². The Bertz CT molecular complexity index is 1450. The van der Waals surface area contributed by atoms with Crippen LogP contribution in [0.15, 0.2) is 73.3 Å². The summed E-state index contributed by atoms with van der Waals surface area (Å²) in [5.41, 5.74) is 2.93. The third-order valence-electron chi connectivity index (χ3n) is 5.55. The molecule has 10 heteroatoms. The molecule has 0 aliphatic carbocycles. The van der Waals surface area contributed by atoms with E-state index in [1.807, 2.05) is 30.5 Å². The number of fused-ring (bicyclic) bond motifs is 1. The first-order valence-corrected chi connectivity index (χ1v) is 12.1. The van der Waals surface area contributed by atoms with Crippen LogP contribution >= 0.6 is 11.3 Å². The number of nitrogens with zero attached hydrogens (tertiary/aromatic N) is 4. The van der Waals surface area contributed by atoms with Crippen molar-refractivity contribution in [1.82, 2.24) is 19.5 Å². The van der Waals surface area contributed by atoms with Gasteiger partial charge in [0.1, 0.15) is 22.7 Å². The van der Waals surface area contributed by atoms with Crippen LogP contribution in [0, 0.1) is 6.92 Å². The molecule has 1 N–H and O–H groups in total. The Morgan fingerprint density at radius 3 is 2.39 bits per heavy atom. The summed E-state index contributed by atoms with van der Waals surface area (Å²) >= 11 is 1.63. The summed E-state index contributed by atoms with van der Waals surface area (Å²) in [5, 5.41) is 4.47. The molecular weight excluding hydrogens is 487 g/mol. The van der Waals surface area contributed by atoms with Crippen LogP contribution in [0.5, 0.6) is 5.75 Å². The van der Waals surface area contributed by atoms with E-state index in [2.05, 4.69) is 33.0 Å². The zero-order valence-electron chi connectivity index (χ0n) is 19.3. The Labute approximate surface area is 209 Å². The predicted octanol–water partition coefficient (Wildman–Crippen LogP) is 6.80. The van der Waals surface area contributed by atoms with Crippen LogP contribution < -0.4 is 10.1 Å². The van der Waals surface area contributed by atoms with E-state index in [-0.39, 0.29) is 5.75 Å². The van der Waals surface area contributed by atoms with Crippen molar-refractivity contribution in [3.05, 3.63) is 83.8 Å². The van der Waals surface area contributed by atoms with Crippen LogP contribution in [-0.2, 0) is 6.42 Å². The van der Waals surface area contributed by atoms with Crippen molar-refractivity contribution in [1.29, 1.82) is 0 Å². The van der Waals surface area contributed by atoms with E-state index in [0.29, 0.717) is 5.95 Å². The molecular formula is C26H22F3N5OS. The van der Waals surface area contributed by atoms with Gasteiger partial charge in [0.15, 0.2) is 0 Å². The Kier molecular flexibility index (Phi) is 6.60. The third-order valence-corrected chi connectivity index (χ3v) is 6.49. The van der Waals surface area contributed by atoms with E-state index < -0.39 is 6.36 Å². The van der Waals surface area contributed by atoms with Crippen molar-refractivity contribution in [3.63, 3.8) is 0 Å². The number of aromatic nitrogens is 4. The van der Waals surface area contributed by atoms with Gasteiger partial charge in [0, 0.05) is 23.8 Å². The molecule has 0 aliphatic heterocycles. The molecule has 0 radical (unpaired) electrons. The number of halogens is 3. The molecule has 0 spiro atoms. The van der Waals surface area contributed by atoms with Crippen molar-refractivity contribution in [2.45, 2.75) is 26.1 Å². The van der Waals surface area contributed by atoms with Gasteiger partial charge in [-0.1, -0.05) is 36.4 Å². The molecule has 184 valence electrons. The third kappa shape index (κ3) is 5.65. The fourth-order valence-electron chi connectivity index (χ4n) is 3.87. The Morgan fingerprint density at radius 1 is 1.00 bits per heavy atom. The number of rotatable bonds is 8.